The SMILES string of the molecule is CC(C)(C)c1cccc(C=NCCN=Cc2cccc(C(C)(C)C)c2[O-])c1[O-].CC(C)(C)c1cccc(C=NCCN=Cc2cccc(C(C)(C)C)c2[O-])c1[O-].[Zn+2].[Zn+2]. The van der Waals surface area contributed by atoms with Gasteiger partial charge in [-0.3, -0.25) is 20.0 Å². The summed E-state index contributed by atoms with van der Waals surface area (Å²) in [6.45, 7) is 26.2. The number of para-hydroxylation sites is 4. The van der Waals surface area contributed by atoms with E-state index in [1.54, 1.807) is 49.1 Å². The summed E-state index contributed by atoms with van der Waals surface area (Å²) in [5.41, 5.74) is 4.76. The maximum absolute atomic E-state index is 12.5. The van der Waals surface area contributed by atoms with E-state index < -0.39 is 0 Å². The van der Waals surface area contributed by atoms with Gasteiger partial charge in [0.15, 0.2) is 0 Å². The van der Waals surface area contributed by atoms with E-state index in [-0.39, 0.29) is 83.6 Å². The van der Waals surface area contributed by atoms with Crippen molar-refractivity contribution < 1.29 is 59.4 Å². The first-order valence-corrected chi connectivity index (χ1v) is 19.2. The molecule has 4 aromatic carbocycles. The maximum atomic E-state index is 12.5. The fourth-order valence-corrected chi connectivity index (χ4v) is 5.87. The van der Waals surface area contributed by atoms with Crippen LogP contribution in [0.4, 0.5) is 0 Å². The topological polar surface area (TPSA) is 142 Å². The minimum atomic E-state index is -0.192. The summed E-state index contributed by atoms with van der Waals surface area (Å²) >= 11 is 0. The molecule has 0 aromatic heterocycles. The van der Waals surface area contributed by atoms with Gasteiger partial charge in [-0.25, -0.2) is 0 Å². The molecule has 0 aliphatic carbocycles. The molecule has 0 radical (unpaired) electrons. The number of aliphatic imine (C=N–C) groups is 4. The molecule has 4 rings (SSSR count). The van der Waals surface area contributed by atoms with Crippen molar-refractivity contribution in [2.45, 2.75) is 105 Å². The van der Waals surface area contributed by atoms with Crippen LogP contribution in [0.5, 0.6) is 23.0 Å². The molecule has 0 saturated carbocycles. The van der Waals surface area contributed by atoms with Crippen LogP contribution in [-0.4, -0.2) is 51.0 Å². The molecule has 0 saturated heterocycles. The molecule has 0 aliphatic heterocycles. The standard InChI is InChI=1S/2C24H32N2O2.2Zn/c2*1-23(2,3)19-11-7-9-17(21(19)27)15-25-13-14-26-16-18-10-8-12-20(22(18)28)24(4,5)6;;/h2*7-12,15-16,27-28H,13-14H2,1-6H3;;/q;;2*+2/p-4. The van der Waals surface area contributed by atoms with Gasteiger partial charge in [0.1, 0.15) is 0 Å². The molecule has 10 heteroatoms. The molecule has 0 fully saturated rings. The second kappa shape index (κ2) is 22.4. The second-order valence-corrected chi connectivity index (χ2v) is 18.0. The van der Waals surface area contributed by atoms with Crippen molar-refractivity contribution in [2.75, 3.05) is 26.2 Å². The third kappa shape index (κ3) is 15.3. The molecule has 0 bridgehead atoms. The predicted octanol–water partition coefficient (Wildman–Crippen LogP) is 7.93. The van der Waals surface area contributed by atoms with E-state index in [1.807, 2.05) is 132 Å². The van der Waals surface area contributed by atoms with Crippen molar-refractivity contribution in [1.82, 2.24) is 0 Å². The van der Waals surface area contributed by atoms with E-state index in [2.05, 4.69) is 20.0 Å². The summed E-state index contributed by atoms with van der Waals surface area (Å²) in [6, 6.07) is 22.2. The molecule has 4 aromatic rings. The van der Waals surface area contributed by atoms with E-state index in [1.165, 1.54) is 0 Å². The fraction of sp³-hybridized carbons (Fsp3) is 0.417. The molecular weight excluding hydrogens is 827 g/mol. The van der Waals surface area contributed by atoms with Crippen LogP contribution >= 0.6 is 0 Å². The van der Waals surface area contributed by atoms with E-state index in [4.69, 9.17) is 0 Å². The number of hydrogen-bond donors (Lipinski definition) is 0. The van der Waals surface area contributed by atoms with Gasteiger partial charge in [0.25, 0.3) is 0 Å². The Bertz CT molecular complexity index is 1750. The average molecular weight is 888 g/mol. The Morgan fingerprint density at radius 1 is 0.345 bits per heavy atom. The van der Waals surface area contributed by atoms with Crippen molar-refractivity contribution >= 4 is 24.9 Å². The van der Waals surface area contributed by atoms with Crippen LogP contribution in [-0.2, 0) is 60.6 Å². The van der Waals surface area contributed by atoms with Crippen LogP contribution in [0.3, 0.4) is 0 Å². The van der Waals surface area contributed by atoms with Gasteiger partial charge < -0.3 is 20.4 Å². The van der Waals surface area contributed by atoms with Crippen molar-refractivity contribution in [1.29, 1.82) is 0 Å². The summed E-state index contributed by atoms with van der Waals surface area (Å²) < 4.78 is 0. The summed E-state index contributed by atoms with van der Waals surface area (Å²) in [6.07, 6.45) is 6.47. The first kappa shape index (κ1) is 52.0. The van der Waals surface area contributed by atoms with Gasteiger partial charge >= 0.3 is 39.0 Å². The van der Waals surface area contributed by atoms with Crippen LogP contribution in [0.15, 0.2) is 92.8 Å². The zero-order valence-corrected chi connectivity index (χ0v) is 42.8. The third-order valence-electron chi connectivity index (χ3n) is 9.05. The molecule has 0 unspecified atom stereocenters. The zero-order chi connectivity index (χ0) is 41.9. The van der Waals surface area contributed by atoms with Gasteiger partial charge in [0, 0.05) is 24.9 Å². The number of nitrogens with zero attached hydrogens (tertiary/aromatic N) is 4. The summed E-state index contributed by atoms with van der Waals surface area (Å²) in [7, 11) is 0. The Kier molecular flexibility index (Phi) is 20.1. The minimum absolute atomic E-state index is 0. The number of benzene rings is 4. The summed E-state index contributed by atoms with van der Waals surface area (Å²) in [5.74, 6) is 0.101. The minimum Gasteiger partial charge on any atom is -0.872 e. The smallest absolute Gasteiger partial charge is 0.872 e. The van der Waals surface area contributed by atoms with Gasteiger partial charge in [-0.2, -0.15) is 0 Å². The third-order valence-corrected chi connectivity index (χ3v) is 9.05. The molecule has 0 atom stereocenters. The van der Waals surface area contributed by atoms with Crippen molar-refractivity contribution in [3.05, 3.63) is 117 Å². The Hall–Kier alpha value is -3.99. The van der Waals surface area contributed by atoms with Crippen molar-refractivity contribution in [3.8, 4) is 23.0 Å². The van der Waals surface area contributed by atoms with Crippen LogP contribution in [0.25, 0.3) is 0 Å². The molecule has 0 amide bonds. The summed E-state index contributed by atoms with van der Waals surface area (Å²) in [4.78, 5) is 17.3. The Morgan fingerprint density at radius 3 is 0.672 bits per heavy atom. The van der Waals surface area contributed by atoms with Crippen LogP contribution < -0.4 is 20.4 Å². The van der Waals surface area contributed by atoms with E-state index >= 15 is 0 Å². The van der Waals surface area contributed by atoms with Crippen LogP contribution in [0.1, 0.15) is 128 Å². The van der Waals surface area contributed by atoms with Gasteiger partial charge in [0.2, 0.25) is 0 Å². The molecule has 0 heterocycles. The second-order valence-electron chi connectivity index (χ2n) is 18.0. The number of hydrogen-bond acceptors (Lipinski definition) is 8. The van der Waals surface area contributed by atoms with Crippen LogP contribution in [0.2, 0.25) is 0 Å². The molecular formula is C48H60N4O4Zn2. The Balaban J connectivity index is 0.000000561. The van der Waals surface area contributed by atoms with Crippen molar-refractivity contribution in [3.63, 3.8) is 0 Å². The van der Waals surface area contributed by atoms with E-state index in [9.17, 15) is 20.4 Å². The molecule has 58 heavy (non-hydrogen) atoms. The number of rotatable bonds is 10. The Labute approximate surface area is 373 Å². The first-order valence-electron chi connectivity index (χ1n) is 19.2. The van der Waals surface area contributed by atoms with Gasteiger partial charge in [0.05, 0.1) is 26.2 Å². The van der Waals surface area contributed by atoms with Gasteiger partial charge in [-0.05, 0) is 66.2 Å². The fourth-order valence-electron chi connectivity index (χ4n) is 5.87. The predicted molar refractivity (Wildman–Crippen MR) is 228 cm³/mol. The van der Waals surface area contributed by atoms with Crippen molar-refractivity contribution in [2.24, 2.45) is 20.0 Å². The molecule has 0 spiro atoms. The molecule has 8 nitrogen and oxygen atoms in total. The quantitative estimate of drug-likeness (QED) is 0.0906. The van der Waals surface area contributed by atoms with E-state index in [0.717, 1.165) is 22.3 Å². The normalized spacial score (nSPS) is 12.5. The monoisotopic (exact) mass is 884 g/mol. The first-order chi connectivity index (χ1) is 26.0. The molecule has 0 N–H and O–H groups in total. The molecule has 0 aliphatic rings. The average Bonchev–Trinajstić information content (AvgIpc) is 3.08. The summed E-state index contributed by atoms with van der Waals surface area (Å²) in [5, 5.41) is 50.1. The van der Waals surface area contributed by atoms with Gasteiger partial charge in [-0.1, -0.05) is 179 Å². The van der Waals surface area contributed by atoms with E-state index in [0.29, 0.717) is 48.4 Å². The maximum Gasteiger partial charge on any atom is 2.00 e. The Morgan fingerprint density at radius 2 is 0.517 bits per heavy atom. The van der Waals surface area contributed by atoms with Crippen LogP contribution in [0, 0.1) is 0 Å². The zero-order valence-electron chi connectivity index (χ0n) is 36.9. The van der Waals surface area contributed by atoms with Gasteiger partial charge in [-0.15, -0.1) is 0 Å². The largest absolute Gasteiger partial charge is 2.00 e. The molecule has 300 valence electrons.